The number of rotatable bonds is 8. The van der Waals surface area contributed by atoms with Crippen molar-refractivity contribution in [3.8, 4) is 0 Å². The number of nitrogens with one attached hydrogen (secondary N) is 2. The number of aliphatic imine (C=N–C) groups is 1. The lowest BCUT2D eigenvalue weighted by atomic mass is 9.89. The summed E-state index contributed by atoms with van der Waals surface area (Å²) in [5.41, 5.74) is 0.250. The molecular weight excluding hydrogens is 276 g/mol. The fourth-order valence-corrected chi connectivity index (χ4v) is 2.47. The summed E-state index contributed by atoms with van der Waals surface area (Å²) < 4.78 is 5.59. The first-order chi connectivity index (χ1) is 10.0. The second-order valence-corrected chi connectivity index (χ2v) is 8.07. The van der Waals surface area contributed by atoms with Crippen LogP contribution in [0.1, 0.15) is 41.5 Å². The van der Waals surface area contributed by atoms with E-state index in [4.69, 9.17) is 9.73 Å². The molecule has 5 heteroatoms. The SMILES string of the molecule is CCNC(=NCC(C)(C)CN(C)C)NCC(OC)C(C)(C)C. The molecule has 0 aliphatic heterocycles. The van der Waals surface area contributed by atoms with Gasteiger partial charge in [0.15, 0.2) is 5.96 Å². The summed E-state index contributed by atoms with van der Waals surface area (Å²) in [5.74, 6) is 0.862. The fourth-order valence-electron chi connectivity index (χ4n) is 2.47. The highest BCUT2D eigenvalue weighted by molar-refractivity contribution is 5.79. The van der Waals surface area contributed by atoms with Crippen molar-refractivity contribution in [1.29, 1.82) is 0 Å². The molecule has 0 spiro atoms. The Morgan fingerprint density at radius 2 is 1.73 bits per heavy atom. The predicted octanol–water partition coefficient (Wildman–Crippen LogP) is 2.19. The van der Waals surface area contributed by atoms with Gasteiger partial charge < -0.3 is 20.3 Å². The number of methoxy groups -OCH3 is 1. The van der Waals surface area contributed by atoms with Crippen LogP contribution in [0.2, 0.25) is 0 Å². The molecule has 0 aromatic carbocycles. The lowest BCUT2D eigenvalue weighted by Gasteiger charge is -2.30. The molecule has 0 radical (unpaired) electrons. The van der Waals surface area contributed by atoms with Crippen molar-refractivity contribution in [2.24, 2.45) is 15.8 Å². The lowest BCUT2D eigenvalue weighted by Crippen LogP contribution is -2.45. The van der Waals surface area contributed by atoms with Crippen molar-refractivity contribution in [3.05, 3.63) is 0 Å². The van der Waals surface area contributed by atoms with E-state index in [2.05, 4.69) is 71.2 Å². The van der Waals surface area contributed by atoms with Crippen LogP contribution in [-0.4, -0.2) is 64.3 Å². The van der Waals surface area contributed by atoms with Gasteiger partial charge in [-0.3, -0.25) is 4.99 Å². The molecular formula is C17H38N4O. The van der Waals surface area contributed by atoms with Crippen molar-refractivity contribution in [2.75, 3.05) is 47.4 Å². The van der Waals surface area contributed by atoms with Crippen molar-refractivity contribution in [1.82, 2.24) is 15.5 Å². The maximum atomic E-state index is 5.59. The van der Waals surface area contributed by atoms with E-state index in [9.17, 15) is 0 Å². The Balaban J connectivity index is 4.68. The highest BCUT2D eigenvalue weighted by Gasteiger charge is 2.24. The van der Waals surface area contributed by atoms with E-state index in [1.807, 2.05) is 0 Å². The third-order valence-electron chi connectivity index (χ3n) is 3.46. The summed E-state index contributed by atoms with van der Waals surface area (Å²) in [5, 5.41) is 6.71. The molecule has 0 heterocycles. The molecule has 1 unspecified atom stereocenters. The van der Waals surface area contributed by atoms with E-state index >= 15 is 0 Å². The van der Waals surface area contributed by atoms with Gasteiger partial charge in [0, 0.05) is 33.3 Å². The number of guanidine groups is 1. The van der Waals surface area contributed by atoms with Gasteiger partial charge in [0.1, 0.15) is 0 Å². The van der Waals surface area contributed by atoms with Crippen LogP contribution in [0.5, 0.6) is 0 Å². The van der Waals surface area contributed by atoms with Gasteiger partial charge in [-0.1, -0.05) is 34.6 Å². The van der Waals surface area contributed by atoms with Gasteiger partial charge in [0.2, 0.25) is 0 Å². The van der Waals surface area contributed by atoms with Gasteiger partial charge in [0.25, 0.3) is 0 Å². The molecule has 0 aliphatic rings. The van der Waals surface area contributed by atoms with Crippen molar-refractivity contribution < 1.29 is 4.74 Å². The smallest absolute Gasteiger partial charge is 0.191 e. The lowest BCUT2D eigenvalue weighted by molar-refractivity contribution is 0.0205. The van der Waals surface area contributed by atoms with Crippen molar-refractivity contribution >= 4 is 5.96 Å². The highest BCUT2D eigenvalue weighted by Crippen LogP contribution is 2.21. The fraction of sp³-hybridized carbons (Fsp3) is 0.941. The van der Waals surface area contributed by atoms with E-state index in [0.717, 1.165) is 32.1 Å². The van der Waals surface area contributed by atoms with Crippen LogP contribution in [0, 0.1) is 10.8 Å². The highest BCUT2D eigenvalue weighted by atomic mass is 16.5. The number of hydrogen-bond acceptors (Lipinski definition) is 3. The minimum absolute atomic E-state index is 0.100. The van der Waals surface area contributed by atoms with E-state index in [-0.39, 0.29) is 16.9 Å². The second-order valence-electron chi connectivity index (χ2n) is 8.07. The molecule has 132 valence electrons. The third-order valence-corrected chi connectivity index (χ3v) is 3.46. The topological polar surface area (TPSA) is 48.9 Å². The third kappa shape index (κ3) is 9.26. The monoisotopic (exact) mass is 314 g/mol. The molecule has 0 fully saturated rings. The first kappa shape index (κ1) is 21.2. The molecule has 0 saturated heterocycles. The first-order valence-electron chi connectivity index (χ1n) is 8.21. The van der Waals surface area contributed by atoms with Crippen LogP contribution in [0.4, 0.5) is 0 Å². The summed E-state index contributed by atoms with van der Waals surface area (Å²) >= 11 is 0. The Hall–Kier alpha value is -0.810. The Morgan fingerprint density at radius 1 is 1.14 bits per heavy atom. The number of hydrogen-bond donors (Lipinski definition) is 2. The Labute approximate surface area is 137 Å². The zero-order valence-corrected chi connectivity index (χ0v) is 16.2. The molecule has 0 amide bonds. The Morgan fingerprint density at radius 3 is 2.14 bits per heavy atom. The maximum absolute atomic E-state index is 5.59. The van der Waals surface area contributed by atoms with Crippen LogP contribution in [-0.2, 0) is 4.74 Å². The molecule has 2 N–H and O–H groups in total. The summed E-state index contributed by atoms with van der Waals surface area (Å²) in [6.45, 7) is 16.5. The summed E-state index contributed by atoms with van der Waals surface area (Å²) in [4.78, 5) is 6.94. The van der Waals surface area contributed by atoms with Crippen LogP contribution in [0.3, 0.4) is 0 Å². The Kier molecular flexibility index (Phi) is 9.01. The normalized spacial score (nSPS) is 15.1. The summed E-state index contributed by atoms with van der Waals surface area (Å²) in [6.07, 6.45) is 0.145. The summed E-state index contributed by atoms with van der Waals surface area (Å²) in [7, 11) is 5.96. The van der Waals surface area contributed by atoms with Gasteiger partial charge in [-0.25, -0.2) is 0 Å². The predicted molar refractivity (Wildman–Crippen MR) is 96.6 cm³/mol. The second kappa shape index (κ2) is 9.36. The number of nitrogens with zero attached hydrogens (tertiary/aromatic N) is 2. The molecule has 1 atom stereocenters. The average molecular weight is 315 g/mol. The molecule has 0 saturated carbocycles. The van der Waals surface area contributed by atoms with Gasteiger partial charge in [0.05, 0.1) is 6.10 Å². The molecule has 0 aliphatic carbocycles. The van der Waals surface area contributed by atoms with Gasteiger partial charge >= 0.3 is 0 Å². The molecule has 0 aromatic rings. The molecule has 5 nitrogen and oxygen atoms in total. The van der Waals surface area contributed by atoms with Crippen LogP contribution in [0.25, 0.3) is 0 Å². The maximum Gasteiger partial charge on any atom is 0.191 e. The van der Waals surface area contributed by atoms with E-state index < -0.39 is 0 Å². The van der Waals surface area contributed by atoms with Gasteiger partial charge in [-0.05, 0) is 31.8 Å². The first-order valence-corrected chi connectivity index (χ1v) is 8.21. The zero-order valence-electron chi connectivity index (χ0n) is 16.2. The summed E-state index contributed by atoms with van der Waals surface area (Å²) in [6, 6.07) is 0. The minimum Gasteiger partial charge on any atom is -0.379 e. The molecule has 0 bridgehead atoms. The van der Waals surface area contributed by atoms with E-state index in [1.165, 1.54) is 0 Å². The quantitative estimate of drug-likeness (QED) is 0.533. The average Bonchev–Trinajstić information content (AvgIpc) is 2.33. The van der Waals surface area contributed by atoms with Crippen LogP contribution in [0.15, 0.2) is 4.99 Å². The van der Waals surface area contributed by atoms with E-state index in [1.54, 1.807) is 7.11 Å². The standard InChI is InChI=1S/C17H38N4O/c1-10-18-15(19-11-14(22-9)16(2,3)4)20-12-17(5,6)13-21(7)8/h14H,10-13H2,1-9H3,(H2,18,19,20). The number of ether oxygens (including phenoxy) is 1. The van der Waals surface area contributed by atoms with Gasteiger partial charge in [-0.2, -0.15) is 0 Å². The van der Waals surface area contributed by atoms with Crippen LogP contribution < -0.4 is 10.6 Å². The Bertz CT molecular complexity index is 332. The van der Waals surface area contributed by atoms with Crippen molar-refractivity contribution in [2.45, 2.75) is 47.6 Å². The minimum atomic E-state index is 0.100. The van der Waals surface area contributed by atoms with Crippen molar-refractivity contribution in [3.63, 3.8) is 0 Å². The molecule has 0 rings (SSSR count). The van der Waals surface area contributed by atoms with E-state index in [0.29, 0.717) is 0 Å². The zero-order chi connectivity index (χ0) is 17.4. The van der Waals surface area contributed by atoms with Gasteiger partial charge in [-0.15, -0.1) is 0 Å². The molecule has 22 heavy (non-hydrogen) atoms. The molecule has 0 aromatic heterocycles. The van der Waals surface area contributed by atoms with Crippen LogP contribution >= 0.6 is 0 Å². The largest absolute Gasteiger partial charge is 0.379 e.